The van der Waals surface area contributed by atoms with E-state index in [1.54, 1.807) is 6.07 Å². The number of Topliss-reactive ketones (excluding diaryl/α,β-unsaturated/α-hetero) is 1. The summed E-state index contributed by atoms with van der Waals surface area (Å²) in [4.78, 5) is 26.7. The van der Waals surface area contributed by atoms with Gasteiger partial charge in [-0.05, 0) is 22.4 Å². The van der Waals surface area contributed by atoms with Gasteiger partial charge in [-0.25, -0.2) is 0 Å². The zero-order valence-corrected chi connectivity index (χ0v) is 8.63. The number of nitro groups is 1. The Balaban J connectivity index is 2.14. The van der Waals surface area contributed by atoms with Crippen molar-refractivity contribution < 1.29 is 9.72 Å². The summed E-state index contributed by atoms with van der Waals surface area (Å²) in [5.74, 6) is 0.0247. The fourth-order valence-electron chi connectivity index (χ4n) is 1.73. The normalized spacial score (nSPS) is 16.2. The van der Waals surface area contributed by atoms with Crippen molar-refractivity contribution >= 4 is 17.3 Å². The molecular formula is C10H11N3O3. The maximum Gasteiger partial charge on any atom is 0.363 e. The van der Waals surface area contributed by atoms with E-state index in [2.05, 4.69) is 4.98 Å². The SMILES string of the molecule is O=C1CCCN(c2ccc([N+](=O)[O-])nc2)C1. The molecule has 1 fully saturated rings. The second kappa shape index (κ2) is 4.26. The van der Waals surface area contributed by atoms with E-state index in [9.17, 15) is 14.9 Å². The molecule has 16 heavy (non-hydrogen) atoms. The van der Waals surface area contributed by atoms with Gasteiger partial charge in [0.25, 0.3) is 0 Å². The summed E-state index contributed by atoms with van der Waals surface area (Å²) in [6, 6.07) is 2.98. The van der Waals surface area contributed by atoms with Gasteiger partial charge in [0.15, 0.2) is 12.0 Å². The van der Waals surface area contributed by atoms with E-state index in [1.807, 2.05) is 4.90 Å². The lowest BCUT2D eigenvalue weighted by molar-refractivity contribution is -0.389. The number of anilines is 1. The van der Waals surface area contributed by atoms with E-state index in [4.69, 9.17) is 0 Å². The van der Waals surface area contributed by atoms with E-state index in [-0.39, 0.29) is 11.6 Å². The van der Waals surface area contributed by atoms with Gasteiger partial charge in [0, 0.05) is 19.0 Å². The number of nitrogens with zero attached hydrogens (tertiary/aromatic N) is 3. The van der Waals surface area contributed by atoms with Gasteiger partial charge in [0.2, 0.25) is 0 Å². The quantitative estimate of drug-likeness (QED) is 0.553. The summed E-state index contributed by atoms with van der Waals surface area (Å²) in [7, 11) is 0. The Morgan fingerprint density at radius 2 is 2.25 bits per heavy atom. The molecule has 1 aliphatic rings. The lowest BCUT2D eigenvalue weighted by atomic mass is 10.1. The molecule has 0 aromatic carbocycles. The minimum Gasteiger partial charge on any atom is -0.361 e. The Labute approximate surface area is 92.0 Å². The number of pyridine rings is 1. The first-order chi connectivity index (χ1) is 7.66. The number of hydrogen-bond acceptors (Lipinski definition) is 5. The molecule has 84 valence electrons. The van der Waals surface area contributed by atoms with Crippen LogP contribution in [0.5, 0.6) is 0 Å². The van der Waals surface area contributed by atoms with Crippen molar-refractivity contribution in [2.45, 2.75) is 12.8 Å². The van der Waals surface area contributed by atoms with Crippen LogP contribution in [-0.4, -0.2) is 28.8 Å². The number of aromatic nitrogens is 1. The van der Waals surface area contributed by atoms with Gasteiger partial charge in [-0.2, -0.15) is 0 Å². The topological polar surface area (TPSA) is 76.3 Å². The van der Waals surface area contributed by atoms with Crippen molar-refractivity contribution in [3.8, 4) is 0 Å². The Bertz CT molecular complexity index is 416. The Morgan fingerprint density at radius 3 is 2.81 bits per heavy atom. The third-order valence-electron chi connectivity index (χ3n) is 2.54. The molecule has 2 rings (SSSR count). The number of hydrogen-bond donors (Lipinski definition) is 0. The summed E-state index contributed by atoms with van der Waals surface area (Å²) >= 11 is 0. The summed E-state index contributed by atoms with van der Waals surface area (Å²) in [6.07, 6.45) is 2.89. The van der Waals surface area contributed by atoms with Gasteiger partial charge < -0.3 is 15.0 Å². The number of carbonyl (C=O) groups excluding carboxylic acids is 1. The molecule has 0 saturated carbocycles. The first-order valence-electron chi connectivity index (χ1n) is 5.04. The lowest BCUT2D eigenvalue weighted by Crippen LogP contribution is -2.35. The third-order valence-corrected chi connectivity index (χ3v) is 2.54. The predicted molar refractivity (Wildman–Crippen MR) is 57.3 cm³/mol. The molecule has 6 heteroatoms. The van der Waals surface area contributed by atoms with Crippen molar-refractivity contribution in [3.63, 3.8) is 0 Å². The van der Waals surface area contributed by atoms with Crippen LogP contribution in [0.25, 0.3) is 0 Å². The fourth-order valence-corrected chi connectivity index (χ4v) is 1.73. The number of ketones is 1. The van der Waals surface area contributed by atoms with Crippen LogP contribution in [0, 0.1) is 10.1 Å². The third kappa shape index (κ3) is 2.16. The van der Waals surface area contributed by atoms with Crippen molar-refractivity contribution in [3.05, 3.63) is 28.4 Å². The first kappa shape index (κ1) is 10.5. The van der Waals surface area contributed by atoms with Crippen LogP contribution >= 0.6 is 0 Å². The maximum atomic E-state index is 11.3. The molecule has 0 unspecified atom stereocenters. The van der Waals surface area contributed by atoms with Crippen molar-refractivity contribution in [2.75, 3.05) is 18.0 Å². The van der Waals surface area contributed by atoms with Gasteiger partial charge >= 0.3 is 5.82 Å². The van der Waals surface area contributed by atoms with E-state index >= 15 is 0 Å². The smallest absolute Gasteiger partial charge is 0.361 e. The zero-order chi connectivity index (χ0) is 11.5. The van der Waals surface area contributed by atoms with Crippen LogP contribution in [-0.2, 0) is 4.79 Å². The fraction of sp³-hybridized carbons (Fsp3) is 0.400. The Morgan fingerprint density at radius 1 is 1.44 bits per heavy atom. The van der Waals surface area contributed by atoms with Gasteiger partial charge in [-0.3, -0.25) is 4.79 Å². The van der Waals surface area contributed by atoms with Crippen molar-refractivity contribution in [2.24, 2.45) is 0 Å². The summed E-state index contributed by atoms with van der Waals surface area (Å²) in [6.45, 7) is 1.17. The second-order valence-electron chi connectivity index (χ2n) is 3.70. The summed E-state index contributed by atoms with van der Waals surface area (Å²) in [5.41, 5.74) is 0.763. The molecule has 0 N–H and O–H groups in total. The van der Waals surface area contributed by atoms with E-state index in [0.29, 0.717) is 13.0 Å². The molecule has 0 radical (unpaired) electrons. The highest BCUT2D eigenvalue weighted by molar-refractivity contribution is 5.84. The van der Waals surface area contributed by atoms with Crippen LogP contribution in [0.15, 0.2) is 18.3 Å². The molecule has 1 aliphatic heterocycles. The Kier molecular flexibility index (Phi) is 2.80. The van der Waals surface area contributed by atoms with Gasteiger partial charge in [-0.1, -0.05) is 0 Å². The molecule has 6 nitrogen and oxygen atoms in total. The predicted octanol–water partition coefficient (Wildman–Crippen LogP) is 1.16. The molecule has 1 aromatic heterocycles. The molecule has 0 aliphatic carbocycles. The van der Waals surface area contributed by atoms with E-state index in [1.165, 1.54) is 12.3 Å². The van der Waals surface area contributed by atoms with Crippen LogP contribution < -0.4 is 4.90 Å². The van der Waals surface area contributed by atoms with E-state index < -0.39 is 4.92 Å². The van der Waals surface area contributed by atoms with Crippen LogP contribution in [0.4, 0.5) is 11.5 Å². The second-order valence-corrected chi connectivity index (χ2v) is 3.70. The van der Waals surface area contributed by atoms with Crippen molar-refractivity contribution in [1.29, 1.82) is 0 Å². The molecule has 0 spiro atoms. The number of piperidine rings is 1. The average Bonchev–Trinajstić information content (AvgIpc) is 2.29. The zero-order valence-electron chi connectivity index (χ0n) is 8.63. The monoisotopic (exact) mass is 221 g/mol. The Hall–Kier alpha value is -1.98. The van der Waals surface area contributed by atoms with E-state index in [0.717, 1.165) is 18.7 Å². The van der Waals surface area contributed by atoms with Crippen LogP contribution in [0.1, 0.15) is 12.8 Å². The van der Waals surface area contributed by atoms with Crippen LogP contribution in [0.2, 0.25) is 0 Å². The van der Waals surface area contributed by atoms with Crippen molar-refractivity contribution in [1.82, 2.24) is 4.98 Å². The highest BCUT2D eigenvalue weighted by Crippen LogP contribution is 2.19. The molecule has 0 atom stereocenters. The van der Waals surface area contributed by atoms with Crippen LogP contribution in [0.3, 0.4) is 0 Å². The molecule has 1 saturated heterocycles. The standard InChI is InChI=1S/C10H11N3O3/c14-9-2-1-5-12(7-9)8-3-4-10(11-6-8)13(15)16/h3-4,6H,1-2,5,7H2. The van der Waals surface area contributed by atoms with Gasteiger partial charge in [0.1, 0.15) is 0 Å². The number of carbonyl (C=O) groups is 1. The first-order valence-corrected chi connectivity index (χ1v) is 5.04. The molecule has 0 amide bonds. The lowest BCUT2D eigenvalue weighted by Gasteiger charge is -2.26. The molecular weight excluding hydrogens is 210 g/mol. The average molecular weight is 221 g/mol. The largest absolute Gasteiger partial charge is 0.363 e. The van der Waals surface area contributed by atoms with Gasteiger partial charge in [-0.15, -0.1) is 0 Å². The minimum atomic E-state index is -0.537. The highest BCUT2D eigenvalue weighted by atomic mass is 16.6. The molecule has 0 bridgehead atoms. The summed E-state index contributed by atoms with van der Waals surface area (Å²) < 4.78 is 0. The molecule has 1 aromatic rings. The summed E-state index contributed by atoms with van der Waals surface area (Å²) in [5, 5.41) is 10.4. The minimum absolute atomic E-state index is 0.174. The highest BCUT2D eigenvalue weighted by Gasteiger charge is 2.18. The van der Waals surface area contributed by atoms with Gasteiger partial charge in [0.05, 0.1) is 12.2 Å². The maximum absolute atomic E-state index is 11.3. The number of rotatable bonds is 2. The molecule has 2 heterocycles.